The summed E-state index contributed by atoms with van der Waals surface area (Å²) < 4.78 is 62.6. The van der Waals surface area contributed by atoms with Gasteiger partial charge in [0.25, 0.3) is 15.9 Å². The number of nitrogens with zero attached hydrogens (tertiary/aromatic N) is 3. The molecule has 1 aromatic heterocycles. The smallest absolute Gasteiger partial charge is 0.279 e. The quantitative estimate of drug-likeness (QED) is 0.312. The zero-order valence-corrected chi connectivity index (χ0v) is 21.2. The van der Waals surface area contributed by atoms with E-state index in [9.17, 15) is 22.0 Å². The highest BCUT2D eigenvalue weighted by molar-refractivity contribution is 7.92. The van der Waals surface area contributed by atoms with Crippen molar-refractivity contribution in [2.45, 2.75) is 18.4 Å². The van der Waals surface area contributed by atoms with Gasteiger partial charge in [-0.2, -0.15) is 4.99 Å². The van der Waals surface area contributed by atoms with Gasteiger partial charge in [0.15, 0.2) is 10.6 Å². The Labute approximate surface area is 211 Å². The van der Waals surface area contributed by atoms with Crippen LogP contribution >= 0.6 is 11.3 Å². The standard InChI is InChI=1S/C25H23F2N3O4S2/c1-3-34-14-13-30-23-21(27)15-18(26)16-22(23)35-25(30)28-24(31)17-9-11-20(12-10-17)36(32,33)29(2)19-7-5-4-6-8-19/h4-12,15-16H,3,13-14H2,1-2H3. The number of aromatic nitrogens is 1. The predicted molar refractivity (Wildman–Crippen MR) is 135 cm³/mol. The van der Waals surface area contributed by atoms with Crippen molar-refractivity contribution in [3.8, 4) is 0 Å². The van der Waals surface area contributed by atoms with E-state index in [2.05, 4.69) is 4.99 Å². The molecule has 7 nitrogen and oxygen atoms in total. The van der Waals surface area contributed by atoms with E-state index < -0.39 is 27.6 Å². The topological polar surface area (TPSA) is 81.0 Å². The second-order valence-electron chi connectivity index (χ2n) is 7.72. The molecule has 11 heteroatoms. The highest BCUT2D eigenvalue weighted by Gasteiger charge is 2.21. The number of rotatable bonds is 8. The van der Waals surface area contributed by atoms with Crippen LogP contribution in [0, 0.1) is 11.6 Å². The number of thiazole rings is 1. The van der Waals surface area contributed by atoms with Gasteiger partial charge in [-0.25, -0.2) is 17.2 Å². The first-order valence-corrected chi connectivity index (χ1v) is 13.3. The first kappa shape index (κ1) is 25.7. The van der Waals surface area contributed by atoms with Gasteiger partial charge < -0.3 is 9.30 Å². The molecule has 0 saturated carbocycles. The summed E-state index contributed by atoms with van der Waals surface area (Å²) in [7, 11) is -2.39. The molecule has 1 amide bonds. The van der Waals surface area contributed by atoms with Crippen molar-refractivity contribution in [3.63, 3.8) is 0 Å². The SMILES string of the molecule is CCOCCn1c(=NC(=O)c2ccc(S(=O)(=O)N(C)c3ccccc3)cc2)sc2cc(F)cc(F)c21. The second-order valence-corrected chi connectivity index (χ2v) is 10.7. The van der Waals surface area contributed by atoms with Crippen LogP contribution in [0.15, 0.2) is 76.6 Å². The van der Waals surface area contributed by atoms with Gasteiger partial charge in [0.1, 0.15) is 5.82 Å². The Balaban J connectivity index is 1.67. The van der Waals surface area contributed by atoms with E-state index in [1.165, 1.54) is 41.9 Å². The molecule has 0 atom stereocenters. The minimum Gasteiger partial charge on any atom is -0.380 e. The second kappa shape index (κ2) is 10.7. The Bertz CT molecular complexity index is 1560. The lowest BCUT2D eigenvalue weighted by Gasteiger charge is -2.19. The number of amides is 1. The Morgan fingerprint density at radius 2 is 1.78 bits per heavy atom. The fourth-order valence-corrected chi connectivity index (χ4v) is 5.87. The van der Waals surface area contributed by atoms with E-state index in [1.54, 1.807) is 30.3 Å². The minimum atomic E-state index is -3.84. The molecular formula is C25H23F2N3O4S2. The summed E-state index contributed by atoms with van der Waals surface area (Å²) in [6.07, 6.45) is 0. The van der Waals surface area contributed by atoms with Crippen LogP contribution < -0.4 is 9.11 Å². The Morgan fingerprint density at radius 3 is 2.44 bits per heavy atom. The number of carbonyl (C=O) groups excluding carboxylic acids is 1. The van der Waals surface area contributed by atoms with Crippen LogP contribution in [-0.2, 0) is 21.3 Å². The maximum atomic E-state index is 14.6. The van der Waals surface area contributed by atoms with E-state index in [1.807, 2.05) is 6.92 Å². The number of anilines is 1. The first-order valence-electron chi connectivity index (χ1n) is 11.0. The van der Waals surface area contributed by atoms with Gasteiger partial charge >= 0.3 is 0 Å². The predicted octanol–water partition coefficient (Wildman–Crippen LogP) is 4.58. The summed E-state index contributed by atoms with van der Waals surface area (Å²) in [5.41, 5.74) is 0.785. The lowest BCUT2D eigenvalue weighted by atomic mass is 10.2. The van der Waals surface area contributed by atoms with E-state index in [-0.39, 0.29) is 33.9 Å². The van der Waals surface area contributed by atoms with Gasteiger partial charge in [-0.05, 0) is 49.4 Å². The van der Waals surface area contributed by atoms with Gasteiger partial charge in [0.2, 0.25) is 0 Å². The van der Waals surface area contributed by atoms with Crippen LogP contribution in [-0.4, -0.2) is 39.2 Å². The Morgan fingerprint density at radius 1 is 1.08 bits per heavy atom. The van der Waals surface area contributed by atoms with Crippen LogP contribution in [0.4, 0.5) is 14.5 Å². The van der Waals surface area contributed by atoms with Gasteiger partial charge in [0, 0.05) is 31.8 Å². The zero-order valence-electron chi connectivity index (χ0n) is 19.5. The molecule has 0 bridgehead atoms. The van der Waals surface area contributed by atoms with Gasteiger partial charge in [-0.3, -0.25) is 9.10 Å². The summed E-state index contributed by atoms with van der Waals surface area (Å²) in [6.45, 7) is 2.75. The van der Waals surface area contributed by atoms with Gasteiger partial charge in [0.05, 0.1) is 27.4 Å². The average molecular weight is 532 g/mol. The third-order valence-corrected chi connectivity index (χ3v) is 8.26. The number of sulfonamides is 1. The molecule has 0 unspecified atom stereocenters. The average Bonchev–Trinajstić information content (AvgIpc) is 3.21. The number of fused-ring (bicyclic) bond motifs is 1. The molecule has 0 saturated heterocycles. The Kier molecular flexibility index (Phi) is 7.62. The van der Waals surface area contributed by atoms with E-state index in [4.69, 9.17) is 4.74 Å². The fraction of sp³-hybridized carbons (Fsp3) is 0.200. The molecule has 0 radical (unpaired) electrons. The fourth-order valence-electron chi connectivity index (χ4n) is 3.58. The van der Waals surface area contributed by atoms with E-state index in [0.717, 1.165) is 21.7 Å². The lowest BCUT2D eigenvalue weighted by Crippen LogP contribution is -2.26. The molecule has 0 spiro atoms. The molecule has 188 valence electrons. The van der Waals surface area contributed by atoms with E-state index >= 15 is 0 Å². The summed E-state index contributed by atoms with van der Waals surface area (Å²) in [4.78, 5) is 17.2. The highest BCUT2D eigenvalue weighted by atomic mass is 32.2. The third kappa shape index (κ3) is 5.23. The highest BCUT2D eigenvalue weighted by Crippen LogP contribution is 2.24. The van der Waals surface area contributed by atoms with Crippen LogP contribution in [0.3, 0.4) is 0 Å². The Hall–Kier alpha value is -3.41. The van der Waals surface area contributed by atoms with Crippen LogP contribution in [0.25, 0.3) is 10.2 Å². The maximum absolute atomic E-state index is 14.6. The van der Waals surface area contributed by atoms with Crippen molar-refractivity contribution >= 4 is 43.2 Å². The van der Waals surface area contributed by atoms with Crippen molar-refractivity contribution in [1.29, 1.82) is 0 Å². The van der Waals surface area contributed by atoms with Gasteiger partial charge in [-0.1, -0.05) is 29.5 Å². The van der Waals surface area contributed by atoms with E-state index in [0.29, 0.717) is 17.0 Å². The number of hydrogen-bond acceptors (Lipinski definition) is 5. The van der Waals surface area contributed by atoms with Crippen LogP contribution in [0.2, 0.25) is 0 Å². The molecule has 0 aliphatic heterocycles. The number of carbonyl (C=O) groups is 1. The minimum absolute atomic E-state index is 0.0107. The van der Waals surface area contributed by atoms with Crippen LogP contribution in [0.1, 0.15) is 17.3 Å². The van der Waals surface area contributed by atoms with Crippen LogP contribution in [0.5, 0.6) is 0 Å². The summed E-state index contributed by atoms with van der Waals surface area (Å²) in [5.74, 6) is -2.13. The lowest BCUT2D eigenvalue weighted by molar-refractivity contribution is 0.0996. The first-order chi connectivity index (χ1) is 17.2. The van der Waals surface area contributed by atoms with Crippen molar-refractivity contribution < 1.29 is 26.7 Å². The molecule has 0 aliphatic carbocycles. The van der Waals surface area contributed by atoms with Crippen molar-refractivity contribution in [2.24, 2.45) is 4.99 Å². The summed E-state index contributed by atoms with van der Waals surface area (Å²) in [6, 6.07) is 16.0. The van der Waals surface area contributed by atoms with Crippen molar-refractivity contribution in [2.75, 3.05) is 24.6 Å². The summed E-state index contributed by atoms with van der Waals surface area (Å²) >= 11 is 0.980. The zero-order chi connectivity index (χ0) is 25.9. The number of halogens is 2. The normalized spacial score (nSPS) is 12.3. The summed E-state index contributed by atoms with van der Waals surface area (Å²) in [5, 5.41) is 0. The number of hydrogen-bond donors (Lipinski definition) is 0. The van der Waals surface area contributed by atoms with Crippen molar-refractivity contribution in [1.82, 2.24) is 4.57 Å². The van der Waals surface area contributed by atoms with Crippen molar-refractivity contribution in [3.05, 3.63) is 88.7 Å². The maximum Gasteiger partial charge on any atom is 0.279 e. The number of benzene rings is 3. The molecule has 1 heterocycles. The molecule has 36 heavy (non-hydrogen) atoms. The number of ether oxygens (including phenoxy) is 1. The molecule has 4 rings (SSSR count). The molecule has 4 aromatic rings. The third-order valence-electron chi connectivity index (χ3n) is 5.44. The monoisotopic (exact) mass is 531 g/mol. The van der Waals surface area contributed by atoms with Gasteiger partial charge in [-0.15, -0.1) is 0 Å². The molecule has 3 aromatic carbocycles. The molecule has 0 fully saturated rings. The molecule has 0 aliphatic rings. The molecular weight excluding hydrogens is 508 g/mol. The largest absolute Gasteiger partial charge is 0.380 e. The number of para-hydroxylation sites is 1. The molecule has 0 N–H and O–H groups in total.